The molecule has 0 bridgehead atoms. The molecule has 6 nitrogen and oxygen atoms in total. The van der Waals surface area contributed by atoms with Crippen LogP contribution in [0.25, 0.3) is 0 Å². The van der Waals surface area contributed by atoms with E-state index in [9.17, 15) is 8.42 Å². The van der Waals surface area contributed by atoms with Gasteiger partial charge in [0.15, 0.2) is 0 Å². The molecule has 0 amide bonds. The summed E-state index contributed by atoms with van der Waals surface area (Å²) in [6.45, 7) is 5.00. The molecule has 114 valence electrons. The SMILES string of the molecule is CC(C)n1cc(NS(=O)(=O)CCC2CCCCN2)cn1. The van der Waals surface area contributed by atoms with Gasteiger partial charge < -0.3 is 5.32 Å². The molecule has 1 saturated heterocycles. The number of nitrogens with zero attached hydrogens (tertiary/aromatic N) is 2. The fourth-order valence-corrected chi connectivity index (χ4v) is 3.53. The highest BCUT2D eigenvalue weighted by atomic mass is 32.2. The number of hydrogen-bond donors (Lipinski definition) is 2. The summed E-state index contributed by atoms with van der Waals surface area (Å²) < 4.78 is 28.4. The van der Waals surface area contributed by atoms with Crippen LogP contribution in [0.3, 0.4) is 0 Å². The van der Waals surface area contributed by atoms with Crippen LogP contribution >= 0.6 is 0 Å². The number of aromatic nitrogens is 2. The first-order valence-corrected chi connectivity index (χ1v) is 8.89. The van der Waals surface area contributed by atoms with E-state index in [1.807, 2.05) is 13.8 Å². The van der Waals surface area contributed by atoms with Crippen LogP contribution in [-0.4, -0.2) is 36.5 Å². The Labute approximate surface area is 121 Å². The molecule has 1 atom stereocenters. The molecule has 1 fully saturated rings. The topological polar surface area (TPSA) is 76.0 Å². The maximum absolute atomic E-state index is 12.0. The Balaban J connectivity index is 1.86. The number of rotatable bonds is 6. The van der Waals surface area contributed by atoms with Crippen molar-refractivity contribution < 1.29 is 8.42 Å². The van der Waals surface area contributed by atoms with Crippen LogP contribution in [-0.2, 0) is 10.0 Å². The Morgan fingerprint density at radius 2 is 2.30 bits per heavy atom. The predicted octanol–water partition coefficient (Wildman–Crippen LogP) is 1.74. The van der Waals surface area contributed by atoms with Crippen molar-refractivity contribution in [2.45, 2.75) is 51.6 Å². The Kier molecular flexibility index (Phi) is 5.04. The van der Waals surface area contributed by atoms with Gasteiger partial charge in [0.05, 0.1) is 17.6 Å². The minimum absolute atomic E-state index is 0.150. The van der Waals surface area contributed by atoms with Gasteiger partial charge in [-0.25, -0.2) is 8.42 Å². The van der Waals surface area contributed by atoms with E-state index in [2.05, 4.69) is 15.1 Å². The van der Waals surface area contributed by atoms with Gasteiger partial charge in [0, 0.05) is 18.3 Å². The van der Waals surface area contributed by atoms with Crippen LogP contribution in [0.2, 0.25) is 0 Å². The van der Waals surface area contributed by atoms with Crippen molar-refractivity contribution in [1.29, 1.82) is 0 Å². The molecule has 20 heavy (non-hydrogen) atoms. The standard InChI is InChI=1S/C13H24N4O2S/c1-11(2)17-10-13(9-15-17)16-20(18,19)8-6-12-5-3-4-7-14-12/h9-12,14,16H,3-8H2,1-2H3. The molecular weight excluding hydrogens is 276 g/mol. The fourth-order valence-electron chi connectivity index (χ4n) is 2.37. The average Bonchev–Trinajstić information content (AvgIpc) is 2.86. The highest BCUT2D eigenvalue weighted by molar-refractivity contribution is 7.92. The highest BCUT2D eigenvalue weighted by Gasteiger charge is 2.18. The lowest BCUT2D eigenvalue weighted by molar-refractivity contribution is 0.393. The second-order valence-electron chi connectivity index (χ2n) is 5.66. The Morgan fingerprint density at radius 3 is 2.90 bits per heavy atom. The monoisotopic (exact) mass is 300 g/mol. The Morgan fingerprint density at radius 1 is 1.50 bits per heavy atom. The zero-order chi connectivity index (χ0) is 14.6. The predicted molar refractivity (Wildman–Crippen MR) is 80.3 cm³/mol. The molecule has 1 unspecified atom stereocenters. The summed E-state index contributed by atoms with van der Waals surface area (Å²) >= 11 is 0. The quantitative estimate of drug-likeness (QED) is 0.839. The summed E-state index contributed by atoms with van der Waals surface area (Å²) in [5.41, 5.74) is 0.537. The smallest absolute Gasteiger partial charge is 0.232 e. The normalized spacial score (nSPS) is 20.2. The molecular formula is C13H24N4O2S. The van der Waals surface area contributed by atoms with Gasteiger partial charge in [0.2, 0.25) is 10.0 Å². The highest BCUT2D eigenvalue weighted by Crippen LogP contribution is 2.14. The van der Waals surface area contributed by atoms with Gasteiger partial charge in [-0.15, -0.1) is 0 Å². The summed E-state index contributed by atoms with van der Waals surface area (Å²) in [6.07, 6.45) is 7.38. The maximum atomic E-state index is 12.0. The van der Waals surface area contributed by atoms with Crippen LogP contribution in [0.15, 0.2) is 12.4 Å². The lowest BCUT2D eigenvalue weighted by Gasteiger charge is -2.23. The van der Waals surface area contributed by atoms with E-state index in [0.29, 0.717) is 18.2 Å². The van der Waals surface area contributed by atoms with Crippen LogP contribution in [0, 0.1) is 0 Å². The van der Waals surface area contributed by atoms with E-state index in [-0.39, 0.29) is 11.8 Å². The third-order valence-electron chi connectivity index (χ3n) is 3.55. The molecule has 2 rings (SSSR count). The zero-order valence-corrected chi connectivity index (χ0v) is 13.0. The minimum Gasteiger partial charge on any atom is -0.314 e. The summed E-state index contributed by atoms with van der Waals surface area (Å²) in [6, 6.07) is 0.554. The van der Waals surface area contributed by atoms with E-state index in [4.69, 9.17) is 0 Å². The first-order chi connectivity index (χ1) is 9.46. The third kappa shape index (κ3) is 4.49. The second-order valence-corrected chi connectivity index (χ2v) is 7.50. The largest absolute Gasteiger partial charge is 0.314 e. The van der Waals surface area contributed by atoms with Crippen LogP contribution in [0.4, 0.5) is 5.69 Å². The van der Waals surface area contributed by atoms with E-state index >= 15 is 0 Å². The minimum atomic E-state index is -3.29. The van der Waals surface area contributed by atoms with Gasteiger partial charge in [-0.3, -0.25) is 9.40 Å². The van der Waals surface area contributed by atoms with Crippen molar-refractivity contribution in [3.05, 3.63) is 12.4 Å². The molecule has 0 spiro atoms. The first-order valence-electron chi connectivity index (χ1n) is 7.24. The maximum Gasteiger partial charge on any atom is 0.232 e. The summed E-state index contributed by atoms with van der Waals surface area (Å²) in [7, 11) is -3.29. The molecule has 0 aliphatic carbocycles. The Hall–Kier alpha value is -1.08. The zero-order valence-electron chi connectivity index (χ0n) is 12.2. The van der Waals surface area contributed by atoms with Gasteiger partial charge in [0.25, 0.3) is 0 Å². The van der Waals surface area contributed by atoms with Gasteiger partial charge >= 0.3 is 0 Å². The second kappa shape index (κ2) is 6.58. The molecule has 2 heterocycles. The lowest BCUT2D eigenvalue weighted by atomic mass is 10.0. The van der Waals surface area contributed by atoms with E-state index in [1.54, 1.807) is 17.1 Å². The van der Waals surface area contributed by atoms with Gasteiger partial charge in [-0.05, 0) is 39.7 Å². The van der Waals surface area contributed by atoms with Crippen LogP contribution in [0.1, 0.15) is 45.6 Å². The average molecular weight is 300 g/mol. The van der Waals surface area contributed by atoms with Crippen LogP contribution < -0.4 is 10.0 Å². The van der Waals surface area contributed by atoms with Gasteiger partial charge in [0.1, 0.15) is 0 Å². The van der Waals surface area contributed by atoms with Crippen molar-refractivity contribution in [1.82, 2.24) is 15.1 Å². The molecule has 1 aliphatic rings. The number of sulfonamides is 1. The molecule has 1 aromatic rings. The number of hydrogen-bond acceptors (Lipinski definition) is 4. The van der Waals surface area contributed by atoms with Gasteiger partial charge in [-0.1, -0.05) is 6.42 Å². The fraction of sp³-hybridized carbons (Fsp3) is 0.769. The lowest BCUT2D eigenvalue weighted by Crippen LogP contribution is -2.36. The Bertz CT molecular complexity index is 518. The first kappa shape index (κ1) is 15.3. The van der Waals surface area contributed by atoms with Crippen molar-refractivity contribution >= 4 is 15.7 Å². The van der Waals surface area contributed by atoms with Crippen molar-refractivity contribution in [2.24, 2.45) is 0 Å². The summed E-state index contributed by atoms with van der Waals surface area (Å²) in [5.74, 6) is 0.150. The summed E-state index contributed by atoms with van der Waals surface area (Å²) in [4.78, 5) is 0. The number of anilines is 1. The molecule has 2 N–H and O–H groups in total. The van der Waals surface area contributed by atoms with Crippen molar-refractivity contribution in [3.8, 4) is 0 Å². The number of piperidine rings is 1. The molecule has 7 heteroatoms. The summed E-state index contributed by atoms with van der Waals surface area (Å²) in [5, 5.41) is 7.49. The number of nitrogens with one attached hydrogen (secondary N) is 2. The van der Waals surface area contributed by atoms with Gasteiger partial charge in [-0.2, -0.15) is 5.10 Å². The molecule has 1 aromatic heterocycles. The van der Waals surface area contributed by atoms with Crippen LogP contribution in [0.5, 0.6) is 0 Å². The molecule has 1 aliphatic heterocycles. The van der Waals surface area contributed by atoms with E-state index < -0.39 is 10.0 Å². The van der Waals surface area contributed by atoms with Crippen molar-refractivity contribution in [3.63, 3.8) is 0 Å². The van der Waals surface area contributed by atoms with Crippen molar-refractivity contribution in [2.75, 3.05) is 17.0 Å². The van der Waals surface area contributed by atoms with E-state index in [1.165, 1.54) is 12.8 Å². The third-order valence-corrected chi connectivity index (χ3v) is 4.87. The molecule has 0 radical (unpaired) electrons. The molecule has 0 aromatic carbocycles. The molecule has 0 saturated carbocycles. The van der Waals surface area contributed by atoms with E-state index in [0.717, 1.165) is 13.0 Å².